The minimum atomic E-state index is -3.72. The Morgan fingerprint density at radius 3 is 2.75 bits per heavy atom. The van der Waals surface area contributed by atoms with Crippen molar-refractivity contribution in [3.63, 3.8) is 0 Å². The van der Waals surface area contributed by atoms with Crippen molar-refractivity contribution in [3.05, 3.63) is 53.7 Å². The Balaban J connectivity index is 1.64. The van der Waals surface area contributed by atoms with Crippen LogP contribution in [0.2, 0.25) is 0 Å². The van der Waals surface area contributed by atoms with Gasteiger partial charge in [0.15, 0.2) is 5.16 Å². The van der Waals surface area contributed by atoms with Gasteiger partial charge in [-0.25, -0.2) is 13.4 Å². The topological polar surface area (TPSA) is 73.2 Å². The molecule has 0 bridgehead atoms. The van der Waals surface area contributed by atoms with E-state index in [-0.39, 0.29) is 4.90 Å². The lowest BCUT2D eigenvalue weighted by Gasteiger charge is -2.14. The molecule has 2 heterocycles. The zero-order valence-electron chi connectivity index (χ0n) is 15.9. The molecule has 6 nitrogen and oxygen atoms in total. The molecule has 2 aromatic carbocycles. The van der Waals surface area contributed by atoms with Gasteiger partial charge in [-0.3, -0.25) is 4.72 Å². The summed E-state index contributed by atoms with van der Waals surface area (Å²) in [5, 5.41) is 1.00. The Morgan fingerprint density at radius 2 is 2.00 bits per heavy atom. The number of aromatic nitrogens is 2. The Hall–Kier alpha value is -2.45. The second-order valence-electron chi connectivity index (χ2n) is 6.72. The SMILES string of the molecule is COc1cc(C)c(S(=O)(=O)Nc2cccc(-c3cn4c(n3)SCC4)c2)cc1C. The van der Waals surface area contributed by atoms with Crippen LogP contribution in [0.3, 0.4) is 0 Å². The molecule has 0 amide bonds. The molecule has 0 radical (unpaired) electrons. The fourth-order valence-electron chi connectivity index (χ4n) is 3.27. The molecule has 1 aliphatic heterocycles. The van der Waals surface area contributed by atoms with Gasteiger partial charge in [0.2, 0.25) is 0 Å². The minimum Gasteiger partial charge on any atom is -0.496 e. The maximum atomic E-state index is 13.0. The first-order valence-corrected chi connectivity index (χ1v) is 11.3. The van der Waals surface area contributed by atoms with E-state index >= 15 is 0 Å². The Bertz CT molecular complexity index is 1130. The highest BCUT2D eigenvalue weighted by Gasteiger charge is 2.20. The standard InChI is InChI=1S/C20H21N3O3S2/c1-13-10-19(14(2)9-18(13)26-3)28(24,25)22-16-6-4-5-15(11-16)17-12-23-7-8-27-20(23)21-17/h4-6,9-12,22H,7-8H2,1-3H3. The van der Waals surface area contributed by atoms with Gasteiger partial charge in [0, 0.05) is 29.7 Å². The number of fused-ring (bicyclic) bond motifs is 1. The van der Waals surface area contributed by atoms with Crippen molar-refractivity contribution in [2.45, 2.75) is 30.4 Å². The van der Waals surface area contributed by atoms with Crippen LogP contribution in [0.4, 0.5) is 5.69 Å². The molecule has 1 aromatic heterocycles. The third kappa shape index (κ3) is 3.49. The van der Waals surface area contributed by atoms with E-state index < -0.39 is 10.0 Å². The Morgan fingerprint density at radius 1 is 1.18 bits per heavy atom. The van der Waals surface area contributed by atoms with Crippen LogP contribution in [0.1, 0.15) is 11.1 Å². The third-order valence-corrected chi connectivity index (χ3v) is 7.19. The zero-order chi connectivity index (χ0) is 19.9. The van der Waals surface area contributed by atoms with Crippen molar-refractivity contribution in [2.24, 2.45) is 0 Å². The summed E-state index contributed by atoms with van der Waals surface area (Å²) in [6, 6.07) is 10.7. The molecule has 4 rings (SSSR count). The highest BCUT2D eigenvalue weighted by Crippen LogP contribution is 2.31. The van der Waals surface area contributed by atoms with E-state index in [0.717, 1.165) is 34.3 Å². The quantitative estimate of drug-likeness (QED) is 0.680. The fraction of sp³-hybridized carbons (Fsp3) is 0.250. The van der Waals surface area contributed by atoms with Crippen LogP contribution in [0.5, 0.6) is 5.75 Å². The van der Waals surface area contributed by atoms with E-state index in [1.165, 1.54) is 0 Å². The third-order valence-electron chi connectivity index (χ3n) is 4.70. The number of thioether (sulfide) groups is 1. The Labute approximate surface area is 169 Å². The number of anilines is 1. The number of benzene rings is 2. The maximum absolute atomic E-state index is 13.0. The summed E-state index contributed by atoms with van der Waals surface area (Å²) < 4.78 is 36.0. The van der Waals surface area contributed by atoms with Crippen molar-refractivity contribution in [2.75, 3.05) is 17.6 Å². The molecule has 0 atom stereocenters. The van der Waals surface area contributed by atoms with Gasteiger partial charge in [-0.2, -0.15) is 0 Å². The van der Waals surface area contributed by atoms with Crippen molar-refractivity contribution < 1.29 is 13.2 Å². The molecule has 28 heavy (non-hydrogen) atoms. The van der Waals surface area contributed by atoms with Crippen LogP contribution in [-0.4, -0.2) is 30.8 Å². The van der Waals surface area contributed by atoms with E-state index in [2.05, 4.69) is 14.3 Å². The summed E-state index contributed by atoms with van der Waals surface area (Å²) >= 11 is 1.73. The second kappa shape index (κ2) is 7.18. The number of nitrogens with one attached hydrogen (secondary N) is 1. The predicted octanol–water partition coefficient (Wildman–Crippen LogP) is 4.08. The molecule has 8 heteroatoms. The lowest BCUT2D eigenvalue weighted by molar-refractivity contribution is 0.411. The zero-order valence-corrected chi connectivity index (χ0v) is 17.5. The van der Waals surface area contributed by atoms with E-state index in [0.29, 0.717) is 17.0 Å². The van der Waals surface area contributed by atoms with E-state index in [4.69, 9.17) is 4.74 Å². The molecule has 0 saturated carbocycles. The van der Waals surface area contributed by atoms with Crippen LogP contribution in [0.15, 0.2) is 52.6 Å². The number of hydrogen-bond donors (Lipinski definition) is 1. The van der Waals surface area contributed by atoms with Crippen LogP contribution in [-0.2, 0) is 16.6 Å². The maximum Gasteiger partial charge on any atom is 0.262 e. The molecule has 0 spiro atoms. The van der Waals surface area contributed by atoms with E-state index in [1.807, 2.05) is 31.3 Å². The van der Waals surface area contributed by atoms with Gasteiger partial charge in [0.25, 0.3) is 10.0 Å². The number of ether oxygens (including phenoxy) is 1. The molecule has 0 unspecified atom stereocenters. The van der Waals surface area contributed by atoms with Gasteiger partial charge >= 0.3 is 0 Å². The average molecular weight is 416 g/mol. The first-order chi connectivity index (χ1) is 13.4. The molecule has 1 aliphatic rings. The van der Waals surface area contributed by atoms with E-state index in [1.54, 1.807) is 44.0 Å². The molecule has 3 aromatic rings. The van der Waals surface area contributed by atoms with Crippen molar-refractivity contribution in [3.8, 4) is 17.0 Å². The number of hydrogen-bond acceptors (Lipinski definition) is 5. The lowest BCUT2D eigenvalue weighted by atomic mass is 10.1. The monoisotopic (exact) mass is 415 g/mol. The summed E-state index contributed by atoms with van der Waals surface area (Å²) in [4.78, 5) is 4.88. The molecule has 146 valence electrons. The molecular weight excluding hydrogens is 394 g/mol. The summed E-state index contributed by atoms with van der Waals surface area (Å²) in [7, 11) is -2.15. The summed E-state index contributed by atoms with van der Waals surface area (Å²) in [6.45, 7) is 4.54. The fourth-order valence-corrected chi connectivity index (χ4v) is 5.58. The summed E-state index contributed by atoms with van der Waals surface area (Å²) in [5.74, 6) is 1.72. The lowest BCUT2D eigenvalue weighted by Crippen LogP contribution is -2.14. The molecule has 1 N–H and O–H groups in total. The number of imidazole rings is 1. The number of methoxy groups -OCH3 is 1. The van der Waals surface area contributed by atoms with Crippen molar-refractivity contribution in [1.29, 1.82) is 0 Å². The van der Waals surface area contributed by atoms with Gasteiger partial charge in [0.05, 0.1) is 17.7 Å². The van der Waals surface area contributed by atoms with Crippen LogP contribution < -0.4 is 9.46 Å². The second-order valence-corrected chi connectivity index (χ2v) is 9.44. The summed E-state index contributed by atoms with van der Waals surface area (Å²) in [6.07, 6.45) is 2.01. The minimum absolute atomic E-state index is 0.244. The first kappa shape index (κ1) is 18.9. The number of nitrogens with zero attached hydrogens (tertiary/aromatic N) is 2. The van der Waals surface area contributed by atoms with Gasteiger partial charge in [0.1, 0.15) is 5.75 Å². The number of rotatable bonds is 5. The van der Waals surface area contributed by atoms with Crippen molar-refractivity contribution >= 4 is 27.5 Å². The first-order valence-electron chi connectivity index (χ1n) is 8.86. The largest absolute Gasteiger partial charge is 0.496 e. The predicted molar refractivity (Wildman–Crippen MR) is 112 cm³/mol. The van der Waals surface area contributed by atoms with E-state index in [9.17, 15) is 8.42 Å². The number of aryl methyl sites for hydroxylation is 3. The summed E-state index contributed by atoms with van der Waals surface area (Å²) in [5.41, 5.74) is 3.64. The molecular formula is C20H21N3O3S2. The van der Waals surface area contributed by atoms with Crippen LogP contribution in [0, 0.1) is 13.8 Å². The molecule has 0 fully saturated rings. The van der Waals surface area contributed by atoms with Crippen molar-refractivity contribution in [1.82, 2.24) is 9.55 Å². The smallest absolute Gasteiger partial charge is 0.262 e. The molecule has 0 saturated heterocycles. The average Bonchev–Trinajstić information content (AvgIpc) is 3.25. The highest BCUT2D eigenvalue weighted by molar-refractivity contribution is 7.99. The normalized spacial score (nSPS) is 13.4. The van der Waals surface area contributed by atoms with Gasteiger partial charge in [-0.05, 0) is 49.2 Å². The highest BCUT2D eigenvalue weighted by atomic mass is 32.2. The molecule has 0 aliphatic carbocycles. The van der Waals surface area contributed by atoms with Crippen LogP contribution >= 0.6 is 11.8 Å². The van der Waals surface area contributed by atoms with Gasteiger partial charge in [-0.1, -0.05) is 23.9 Å². The van der Waals surface area contributed by atoms with Gasteiger partial charge < -0.3 is 9.30 Å². The van der Waals surface area contributed by atoms with Gasteiger partial charge in [-0.15, -0.1) is 0 Å². The Kier molecular flexibility index (Phi) is 4.84. The van der Waals surface area contributed by atoms with Crippen LogP contribution in [0.25, 0.3) is 11.3 Å². The number of sulfonamides is 1.